The van der Waals surface area contributed by atoms with Crippen molar-refractivity contribution in [1.29, 1.82) is 0 Å². The summed E-state index contributed by atoms with van der Waals surface area (Å²) in [5, 5.41) is 5.68. The van der Waals surface area contributed by atoms with E-state index in [0.29, 0.717) is 17.1 Å². The van der Waals surface area contributed by atoms with Gasteiger partial charge in [0.25, 0.3) is 5.91 Å². The van der Waals surface area contributed by atoms with E-state index in [1.807, 2.05) is 12.1 Å². The van der Waals surface area contributed by atoms with Crippen LogP contribution in [0.1, 0.15) is 40.4 Å². The Morgan fingerprint density at radius 3 is 2.85 bits per heavy atom. The first-order chi connectivity index (χ1) is 12.7. The predicted molar refractivity (Wildman–Crippen MR) is 95.2 cm³/mol. The first kappa shape index (κ1) is 16.4. The second-order valence-corrected chi connectivity index (χ2v) is 6.46. The van der Waals surface area contributed by atoms with Gasteiger partial charge in [-0.2, -0.15) is 0 Å². The Hall–Kier alpha value is -3.02. The van der Waals surface area contributed by atoms with Gasteiger partial charge in [0.05, 0.1) is 12.6 Å². The summed E-state index contributed by atoms with van der Waals surface area (Å²) in [5.41, 5.74) is 2.90. The predicted octanol–water partition coefficient (Wildman–Crippen LogP) is 2.34. The van der Waals surface area contributed by atoms with Crippen LogP contribution in [0, 0.1) is 0 Å². The molecule has 0 saturated carbocycles. The number of aryl methyl sites for hydroxylation is 1. The average Bonchev–Trinajstić information content (AvgIpc) is 3.14. The summed E-state index contributed by atoms with van der Waals surface area (Å²) in [6, 6.07) is 13.1. The van der Waals surface area contributed by atoms with Crippen molar-refractivity contribution in [2.45, 2.75) is 25.3 Å². The molecular weight excluding hydrogens is 332 g/mol. The third kappa shape index (κ3) is 3.35. The Balaban J connectivity index is 1.34. The van der Waals surface area contributed by atoms with E-state index in [4.69, 9.17) is 9.47 Å². The molecule has 6 heteroatoms. The molecule has 2 N–H and O–H groups in total. The molecule has 0 spiro atoms. The maximum atomic E-state index is 12.3. The van der Waals surface area contributed by atoms with E-state index in [0.717, 1.165) is 19.3 Å². The fourth-order valence-electron chi connectivity index (χ4n) is 3.45. The number of fused-ring (bicyclic) bond motifs is 2. The van der Waals surface area contributed by atoms with Crippen LogP contribution in [0.2, 0.25) is 0 Å². The zero-order valence-corrected chi connectivity index (χ0v) is 14.3. The van der Waals surface area contributed by atoms with Crippen LogP contribution >= 0.6 is 0 Å². The molecule has 2 aromatic rings. The minimum Gasteiger partial charge on any atom is -0.454 e. The van der Waals surface area contributed by atoms with Crippen LogP contribution in [0.25, 0.3) is 0 Å². The monoisotopic (exact) mass is 352 g/mol. The molecule has 26 heavy (non-hydrogen) atoms. The molecule has 2 aromatic carbocycles. The van der Waals surface area contributed by atoms with Crippen molar-refractivity contribution in [3.8, 4) is 11.5 Å². The summed E-state index contributed by atoms with van der Waals surface area (Å²) in [5.74, 6) is 0.652. The molecule has 134 valence electrons. The van der Waals surface area contributed by atoms with E-state index in [2.05, 4.69) is 22.8 Å². The lowest BCUT2D eigenvalue weighted by Crippen LogP contribution is -2.39. The molecule has 0 fully saturated rings. The molecular formula is C20H20N2O4. The van der Waals surface area contributed by atoms with Crippen LogP contribution in [-0.4, -0.2) is 25.2 Å². The highest BCUT2D eigenvalue weighted by Crippen LogP contribution is 2.32. The highest BCUT2D eigenvalue weighted by Gasteiger charge is 2.22. The SMILES string of the molecule is O=C(CNC(=O)c1ccc2c(c1)OCO2)N[C@@H]1CCCc2ccccc21. The average molecular weight is 352 g/mol. The summed E-state index contributed by atoms with van der Waals surface area (Å²) >= 11 is 0. The van der Waals surface area contributed by atoms with Gasteiger partial charge in [0, 0.05) is 5.56 Å². The van der Waals surface area contributed by atoms with E-state index < -0.39 is 0 Å². The summed E-state index contributed by atoms with van der Waals surface area (Å²) in [6.07, 6.45) is 3.01. The van der Waals surface area contributed by atoms with E-state index >= 15 is 0 Å². The zero-order valence-electron chi connectivity index (χ0n) is 14.3. The minimum atomic E-state index is -0.317. The number of ether oxygens (including phenoxy) is 2. The number of carbonyl (C=O) groups excluding carboxylic acids is 2. The Labute approximate surface area is 151 Å². The molecule has 0 bridgehead atoms. The molecule has 6 nitrogen and oxygen atoms in total. The molecule has 1 atom stereocenters. The highest BCUT2D eigenvalue weighted by molar-refractivity contribution is 5.97. The van der Waals surface area contributed by atoms with Crippen LogP contribution in [0.15, 0.2) is 42.5 Å². The maximum Gasteiger partial charge on any atom is 0.251 e. The fourth-order valence-corrected chi connectivity index (χ4v) is 3.45. The smallest absolute Gasteiger partial charge is 0.251 e. The summed E-state index contributed by atoms with van der Waals surface area (Å²) in [6.45, 7) is 0.0949. The molecule has 4 rings (SSSR count). The van der Waals surface area contributed by atoms with Crippen molar-refractivity contribution in [1.82, 2.24) is 10.6 Å². The largest absolute Gasteiger partial charge is 0.454 e. The van der Waals surface area contributed by atoms with E-state index in [1.165, 1.54) is 11.1 Å². The number of carbonyl (C=O) groups is 2. The molecule has 1 aliphatic carbocycles. The molecule has 0 unspecified atom stereocenters. The van der Waals surface area contributed by atoms with Gasteiger partial charge in [0.15, 0.2) is 11.5 Å². The van der Waals surface area contributed by atoms with Gasteiger partial charge in [-0.3, -0.25) is 9.59 Å². The fraction of sp³-hybridized carbons (Fsp3) is 0.300. The zero-order chi connectivity index (χ0) is 17.9. The number of hydrogen-bond acceptors (Lipinski definition) is 4. The highest BCUT2D eigenvalue weighted by atomic mass is 16.7. The van der Waals surface area contributed by atoms with E-state index in [1.54, 1.807) is 18.2 Å². The molecule has 0 saturated heterocycles. The van der Waals surface area contributed by atoms with Gasteiger partial charge in [-0.1, -0.05) is 24.3 Å². The first-order valence-electron chi connectivity index (χ1n) is 8.76. The van der Waals surface area contributed by atoms with Gasteiger partial charge < -0.3 is 20.1 Å². The Morgan fingerprint density at radius 1 is 1.08 bits per heavy atom. The van der Waals surface area contributed by atoms with E-state index in [9.17, 15) is 9.59 Å². The Morgan fingerprint density at radius 2 is 1.92 bits per heavy atom. The lowest BCUT2D eigenvalue weighted by Gasteiger charge is -2.26. The van der Waals surface area contributed by atoms with E-state index in [-0.39, 0.29) is 31.2 Å². The standard InChI is InChI=1S/C20H20N2O4/c23-19(22-16-7-3-5-13-4-1-2-6-15(13)16)11-21-20(24)14-8-9-17-18(10-14)26-12-25-17/h1-2,4,6,8-10,16H,3,5,7,11-12H2,(H,21,24)(H,22,23)/t16-/m1/s1. The van der Waals surface area contributed by atoms with Crippen LogP contribution < -0.4 is 20.1 Å². The summed E-state index contributed by atoms with van der Waals surface area (Å²) in [7, 11) is 0. The van der Waals surface area contributed by atoms with Crippen LogP contribution in [0.3, 0.4) is 0 Å². The van der Waals surface area contributed by atoms with Crippen LogP contribution in [0.5, 0.6) is 11.5 Å². The third-order valence-electron chi connectivity index (χ3n) is 4.75. The second-order valence-electron chi connectivity index (χ2n) is 6.46. The molecule has 2 aliphatic rings. The summed E-state index contributed by atoms with van der Waals surface area (Å²) < 4.78 is 10.5. The topological polar surface area (TPSA) is 76.7 Å². The molecule has 0 radical (unpaired) electrons. The molecule has 2 amide bonds. The Bertz CT molecular complexity index is 849. The van der Waals surface area contributed by atoms with Gasteiger partial charge >= 0.3 is 0 Å². The minimum absolute atomic E-state index is 0.00916. The quantitative estimate of drug-likeness (QED) is 0.885. The van der Waals surface area contributed by atoms with Gasteiger partial charge in [-0.25, -0.2) is 0 Å². The van der Waals surface area contributed by atoms with Gasteiger partial charge in [0.2, 0.25) is 12.7 Å². The lowest BCUT2D eigenvalue weighted by atomic mass is 9.88. The number of rotatable bonds is 4. The van der Waals surface area contributed by atoms with Crippen molar-refractivity contribution < 1.29 is 19.1 Å². The Kier molecular flexibility index (Phi) is 4.48. The maximum absolute atomic E-state index is 12.3. The third-order valence-corrected chi connectivity index (χ3v) is 4.75. The van der Waals surface area contributed by atoms with Gasteiger partial charge in [-0.05, 0) is 48.6 Å². The summed E-state index contributed by atoms with van der Waals surface area (Å²) in [4.78, 5) is 24.5. The number of hydrogen-bond donors (Lipinski definition) is 2. The van der Waals surface area contributed by atoms with Gasteiger partial charge in [0.1, 0.15) is 0 Å². The van der Waals surface area contributed by atoms with Crippen LogP contribution in [0.4, 0.5) is 0 Å². The molecule has 1 heterocycles. The second kappa shape index (κ2) is 7.07. The van der Waals surface area contributed by atoms with Gasteiger partial charge in [-0.15, -0.1) is 0 Å². The van der Waals surface area contributed by atoms with Crippen molar-refractivity contribution in [3.05, 3.63) is 59.2 Å². The van der Waals surface area contributed by atoms with Crippen molar-refractivity contribution in [3.63, 3.8) is 0 Å². The normalized spacial score (nSPS) is 17.3. The van der Waals surface area contributed by atoms with Crippen LogP contribution in [-0.2, 0) is 11.2 Å². The first-order valence-corrected chi connectivity index (χ1v) is 8.76. The van der Waals surface area contributed by atoms with Crippen molar-refractivity contribution in [2.24, 2.45) is 0 Å². The number of nitrogens with one attached hydrogen (secondary N) is 2. The van der Waals surface area contributed by atoms with Crippen molar-refractivity contribution >= 4 is 11.8 Å². The number of benzene rings is 2. The number of amides is 2. The lowest BCUT2D eigenvalue weighted by molar-refractivity contribution is -0.121. The molecule has 0 aromatic heterocycles. The molecule has 1 aliphatic heterocycles. The van der Waals surface area contributed by atoms with Crippen molar-refractivity contribution in [2.75, 3.05) is 13.3 Å².